The number of aryl methyl sites for hydroxylation is 5. The second-order valence-corrected chi connectivity index (χ2v) is 6.56. The number of carbonyl (C=O) groups is 1. The lowest BCUT2D eigenvalue weighted by atomic mass is 10.0. The lowest BCUT2D eigenvalue weighted by Crippen LogP contribution is -2.16. The Bertz CT molecular complexity index is 915. The van der Waals surface area contributed by atoms with Gasteiger partial charge in [0.1, 0.15) is 5.69 Å². The van der Waals surface area contributed by atoms with Gasteiger partial charge in [0.25, 0.3) is 0 Å². The average Bonchev–Trinajstić information content (AvgIpc) is 2.85. The van der Waals surface area contributed by atoms with E-state index in [0.717, 1.165) is 38.9 Å². The normalized spacial score (nSPS) is 11.0. The van der Waals surface area contributed by atoms with Crippen LogP contribution in [0.4, 0.5) is 5.69 Å². The van der Waals surface area contributed by atoms with E-state index in [-0.39, 0.29) is 12.3 Å². The van der Waals surface area contributed by atoms with Gasteiger partial charge in [-0.3, -0.25) is 4.79 Å². The molecule has 0 radical (unpaired) electrons. The predicted octanol–water partition coefficient (Wildman–Crippen LogP) is 4.55. The van der Waals surface area contributed by atoms with Crippen molar-refractivity contribution in [3.05, 3.63) is 57.8 Å². The maximum atomic E-state index is 12.5. The van der Waals surface area contributed by atoms with E-state index in [2.05, 4.69) is 29.5 Å². The van der Waals surface area contributed by atoms with Gasteiger partial charge in [-0.15, -0.1) is 0 Å². The third-order valence-electron chi connectivity index (χ3n) is 4.43. The summed E-state index contributed by atoms with van der Waals surface area (Å²) >= 11 is 0. The zero-order chi connectivity index (χ0) is 17.4. The van der Waals surface area contributed by atoms with Gasteiger partial charge in [-0.05, 0) is 69.0 Å². The Kier molecular flexibility index (Phi) is 4.14. The topological polar surface area (TPSA) is 55.1 Å². The highest BCUT2D eigenvalue weighted by Gasteiger charge is 2.15. The van der Waals surface area contributed by atoms with Crippen LogP contribution < -0.4 is 5.32 Å². The molecule has 0 atom stereocenters. The summed E-state index contributed by atoms with van der Waals surface area (Å²) in [4.78, 5) is 12.5. The van der Waals surface area contributed by atoms with E-state index in [1.54, 1.807) is 0 Å². The van der Waals surface area contributed by atoms with Crippen molar-refractivity contribution in [1.82, 2.24) is 5.16 Å². The van der Waals surface area contributed by atoms with Crippen molar-refractivity contribution < 1.29 is 9.32 Å². The van der Waals surface area contributed by atoms with Gasteiger partial charge in [-0.2, -0.15) is 0 Å². The van der Waals surface area contributed by atoms with Crippen LogP contribution in [0.1, 0.15) is 33.5 Å². The highest BCUT2D eigenvalue weighted by molar-refractivity contribution is 5.96. The van der Waals surface area contributed by atoms with E-state index in [4.69, 9.17) is 4.52 Å². The summed E-state index contributed by atoms with van der Waals surface area (Å²) in [6.07, 6.45) is 0.197. The van der Waals surface area contributed by atoms with Crippen LogP contribution in [0.2, 0.25) is 0 Å². The smallest absolute Gasteiger partial charge is 0.230 e. The number of rotatable bonds is 3. The van der Waals surface area contributed by atoms with Gasteiger partial charge < -0.3 is 9.84 Å². The third-order valence-corrected chi connectivity index (χ3v) is 4.43. The lowest BCUT2D eigenvalue weighted by molar-refractivity contribution is -0.115. The van der Waals surface area contributed by atoms with Crippen LogP contribution in [0.3, 0.4) is 0 Å². The molecule has 0 aliphatic heterocycles. The minimum absolute atomic E-state index is 0.0847. The van der Waals surface area contributed by atoms with E-state index in [1.165, 1.54) is 5.56 Å². The molecule has 1 N–H and O–H groups in total. The first kappa shape index (κ1) is 16.2. The molecule has 1 heterocycles. The molecular formula is C20H22N2O2. The van der Waals surface area contributed by atoms with Crippen LogP contribution in [0.25, 0.3) is 11.0 Å². The van der Waals surface area contributed by atoms with Gasteiger partial charge in [0.2, 0.25) is 5.91 Å². The maximum Gasteiger partial charge on any atom is 0.230 e. The summed E-state index contributed by atoms with van der Waals surface area (Å²) in [7, 11) is 0. The molecule has 0 aliphatic rings. The molecule has 0 fully saturated rings. The number of amides is 1. The third kappa shape index (κ3) is 3.04. The first-order chi connectivity index (χ1) is 11.3. The number of nitrogens with zero attached hydrogens (tertiary/aromatic N) is 1. The number of benzene rings is 2. The van der Waals surface area contributed by atoms with Crippen LogP contribution in [-0.2, 0) is 11.2 Å². The highest BCUT2D eigenvalue weighted by atomic mass is 16.5. The summed E-state index contributed by atoms with van der Waals surface area (Å²) in [6.45, 7) is 10.1. The van der Waals surface area contributed by atoms with Gasteiger partial charge in [-0.1, -0.05) is 22.9 Å². The number of aromatic nitrogens is 1. The molecule has 4 heteroatoms. The van der Waals surface area contributed by atoms with Crippen molar-refractivity contribution in [1.29, 1.82) is 0 Å². The van der Waals surface area contributed by atoms with Gasteiger partial charge in [0.05, 0.1) is 6.42 Å². The quantitative estimate of drug-likeness (QED) is 0.769. The Labute approximate surface area is 141 Å². The minimum Gasteiger partial charge on any atom is -0.356 e. The number of carbonyl (C=O) groups excluding carboxylic acids is 1. The van der Waals surface area contributed by atoms with Gasteiger partial charge >= 0.3 is 0 Å². The summed E-state index contributed by atoms with van der Waals surface area (Å²) in [5.41, 5.74) is 7.92. The number of fused-ring (bicyclic) bond motifs is 1. The fraction of sp³-hybridized carbons (Fsp3) is 0.300. The summed E-state index contributed by atoms with van der Waals surface area (Å²) in [6, 6.07) is 8.14. The number of anilines is 1. The summed E-state index contributed by atoms with van der Waals surface area (Å²) in [5, 5.41) is 8.00. The molecule has 1 amide bonds. The molecule has 3 aromatic rings. The molecule has 1 aromatic heterocycles. The molecule has 3 rings (SSSR count). The van der Waals surface area contributed by atoms with Gasteiger partial charge in [-0.25, -0.2) is 0 Å². The molecular weight excluding hydrogens is 300 g/mol. The fourth-order valence-corrected chi connectivity index (χ4v) is 3.08. The zero-order valence-corrected chi connectivity index (χ0v) is 14.8. The zero-order valence-electron chi connectivity index (χ0n) is 14.8. The Hall–Kier alpha value is -2.62. The van der Waals surface area contributed by atoms with Crippen molar-refractivity contribution in [3.63, 3.8) is 0 Å². The van der Waals surface area contributed by atoms with Crippen LogP contribution in [0.15, 0.2) is 28.8 Å². The SMILES string of the molecule is Cc1cc(C)c(NC(=O)Cc2noc3cc(C)c(C)cc23)c(C)c1. The second kappa shape index (κ2) is 6.11. The largest absolute Gasteiger partial charge is 0.356 e. The van der Waals surface area contributed by atoms with Crippen LogP contribution in [0.5, 0.6) is 0 Å². The maximum absolute atomic E-state index is 12.5. The lowest BCUT2D eigenvalue weighted by Gasteiger charge is -2.12. The molecule has 0 bridgehead atoms. The number of hydrogen-bond acceptors (Lipinski definition) is 3. The van der Waals surface area contributed by atoms with Crippen molar-refractivity contribution >= 4 is 22.6 Å². The Morgan fingerprint density at radius 1 is 0.958 bits per heavy atom. The van der Waals surface area contributed by atoms with Crippen molar-refractivity contribution in [2.24, 2.45) is 0 Å². The summed E-state index contributed by atoms with van der Waals surface area (Å²) in [5.74, 6) is -0.0847. The fourth-order valence-electron chi connectivity index (χ4n) is 3.08. The first-order valence-corrected chi connectivity index (χ1v) is 8.08. The Balaban J connectivity index is 1.85. The number of nitrogens with one attached hydrogen (secondary N) is 1. The van der Waals surface area contributed by atoms with Crippen LogP contribution in [-0.4, -0.2) is 11.1 Å². The van der Waals surface area contributed by atoms with Gasteiger partial charge in [0.15, 0.2) is 5.58 Å². The van der Waals surface area contributed by atoms with Crippen LogP contribution >= 0.6 is 0 Å². The first-order valence-electron chi connectivity index (χ1n) is 8.08. The molecule has 124 valence electrons. The molecule has 0 spiro atoms. The van der Waals surface area contributed by atoms with Crippen molar-refractivity contribution in [2.75, 3.05) is 5.32 Å². The molecule has 4 nitrogen and oxygen atoms in total. The number of hydrogen-bond donors (Lipinski definition) is 1. The van der Waals surface area contributed by atoms with Crippen molar-refractivity contribution in [2.45, 2.75) is 41.0 Å². The molecule has 0 saturated carbocycles. The predicted molar refractivity (Wildman–Crippen MR) is 96.5 cm³/mol. The standard InChI is InChI=1S/C20H22N2O2/c1-11-6-14(4)20(15(5)7-11)21-19(23)10-17-16-8-12(2)13(3)9-18(16)24-22-17/h6-9H,10H2,1-5H3,(H,21,23). The van der Waals surface area contributed by atoms with E-state index in [9.17, 15) is 4.79 Å². The molecule has 0 unspecified atom stereocenters. The van der Waals surface area contributed by atoms with E-state index >= 15 is 0 Å². The average molecular weight is 322 g/mol. The summed E-state index contributed by atoms with van der Waals surface area (Å²) < 4.78 is 5.37. The highest BCUT2D eigenvalue weighted by Crippen LogP contribution is 2.25. The van der Waals surface area contributed by atoms with Crippen molar-refractivity contribution in [3.8, 4) is 0 Å². The molecule has 2 aromatic carbocycles. The molecule has 0 saturated heterocycles. The van der Waals surface area contributed by atoms with Crippen LogP contribution in [0, 0.1) is 34.6 Å². The molecule has 0 aliphatic carbocycles. The molecule has 24 heavy (non-hydrogen) atoms. The minimum atomic E-state index is -0.0847. The van der Waals surface area contributed by atoms with E-state index in [1.807, 2.05) is 39.8 Å². The van der Waals surface area contributed by atoms with Gasteiger partial charge in [0, 0.05) is 11.1 Å². The van der Waals surface area contributed by atoms with E-state index < -0.39 is 0 Å². The van der Waals surface area contributed by atoms with E-state index in [0.29, 0.717) is 5.69 Å². The Morgan fingerprint density at radius 3 is 2.25 bits per heavy atom. The Morgan fingerprint density at radius 2 is 1.58 bits per heavy atom. The second-order valence-electron chi connectivity index (χ2n) is 6.56. The monoisotopic (exact) mass is 322 g/mol.